The molecule has 82 heavy (non-hydrogen) atoms. The summed E-state index contributed by atoms with van der Waals surface area (Å²) in [5.41, 5.74) is 0. The number of ether oxygens (including phenoxy) is 3. The van der Waals surface area contributed by atoms with Crippen molar-refractivity contribution in [2.45, 2.75) is 339 Å². The quantitative estimate of drug-likeness (QED) is 0.0195. The number of carbonyl (C=O) groups excluding carboxylic acids is 2. The normalized spacial score (nSPS) is 19.1. The van der Waals surface area contributed by atoms with Crippen LogP contribution in [0.3, 0.4) is 0 Å². The summed E-state index contributed by atoms with van der Waals surface area (Å²) in [5, 5.41) is 57.1. The summed E-state index contributed by atoms with van der Waals surface area (Å²) in [6.07, 6.45) is 66.1. The Morgan fingerprint density at radius 1 is 0.476 bits per heavy atom. The highest BCUT2D eigenvalue weighted by atomic mass is 16.7. The molecule has 11 nitrogen and oxygen atoms in total. The molecule has 1 aliphatic rings. The van der Waals surface area contributed by atoms with E-state index in [1.807, 2.05) is 6.08 Å². The second-order valence-electron chi connectivity index (χ2n) is 23.2. The maximum Gasteiger partial charge on any atom is 0.306 e. The maximum atomic E-state index is 13.4. The third-order valence-corrected chi connectivity index (χ3v) is 15.5. The van der Waals surface area contributed by atoms with Crippen LogP contribution in [0, 0.1) is 0 Å². The van der Waals surface area contributed by atoms with Gasteiger partial charge in [-0.05, 0) is 103 Å². The lowest BCUT2D eigenvalue weighted by Gasteiger charge is -2.41. The average Bonchev–Trinajstić information content (AvgIpc) is 3.56. The van der Waals surface area contributed by atoms with E-state index in [1.165, 1.54) is 128 Å². The van der Waals surface area contributed by atoms with Crippen molar-refractivity contribution in [1.82, 2.24) is 5.32 Å². The third-order valence-electron chi connectivity index (χ3n) is 15.5. The van der Waals surface area contributed by atoms with Gasteiger partial charge < -0.3 is 45.1 Å². The minimum Gasteiger partial charge on any atom is -0.454 e. The number of amides is 1. The van der Waals surface area contributed by atoms with Gasteiger partial charge >= 0.3 is 5.97 Å². The van der Waals surface area contributed by atoms with E-state index in [4.69, 9.17) is 14.2 Å². The number of unbranched alkanes of at least 4 members (excludes halogenated alkanes) is 31. The fourth-order valence-electron chi connectivity index (χ4n) is 10.1. The number of aliphatic hydroxyl groups is 5. The van der Waals surface area contributed by atoms with Crippen LogP contribution < -0.4 is 5.32 Å². The van der Waals surface area contributed by atoms with Crippen LogP contribution in [-0.2, 0) is 23.8 Å². The number of hydrogen-bond donors (Lipinski definition) is 6. The van der Waals surface area contributed by atoms with Crippen LogP contribution in [0.1, 0.15) is 290 Å². The van der Waals surface area contributed by atoms with Crippen LogP contribution in [0.25, 0.3) is 0 Å². The van der Waals surface area contributed by atoms with Gasteiger partial charge in [-0.2, -0.15) is 0 Å². The molecule has 1 aliphatic heterocycles. The first-order valence-electron chi connectivity index (χ1n) is 33.9. The minimum atomic E-state index is -1.62. The van der Waals surface area contributed by atoms with Gasteiger partial charge in [0.05, 0.1) is 25.4 Å². The lowest BCUT2D eigenvalue weighted by Crippen LogP contribution is -2.61. The van der Waals surface area contributed by atoms with Crippen molar-refractivity contribution in [2.75, 3.05) is 13.2 Å². The van der Waals surface area contributed by atoms with Gasteiger partial charge in [-0.3, -0.25) is 9.59 Å². The molecule has 1 rings (SSSR count). The second kappa shape index (κ2) is 58.2. The van der Waals surface area contributed by atoms with Crippen molar-refractivity contribution in [3.8, 4) is 0 Å². The van der Waals surface area contributed by atoms with Gasteiger partial charge in [-0.25, -0.2) is 0 Å². The van der Waals surface area contributed by atoms with Gasteiger partial charge in [0.2, 0.25) is 5.91 Å². The van der Waals surface area contributed by atoms with Crippen molar-refractivity contribution < 1.29 is 49.3 Å². The molecule has 1 saturated heterocycles. The number of nitrogens with one attached hydrogen (secondary N) is 1. The highest BCUT2D eigenvalue weighted by Crippen LogP contribution is 2.26. The Morgan fingerprint density at radius 3 is 1.28 bits per heavy atom. The zero-order valence-electron chi connectivity index (χ0n) is 52.6. The zero-order chi connectivity index (χ0) is 59.6. The first kappa shape index (κ1) is 76.9. The highest BCUT2D eigenvalue weighted by molar-refractivity contribution is 5.80. The van der Waals surface area contributed by atoms with Gasteiger partial charge in [-0.1, -0.05) is 266 Å². The number of esters is 1. The monoisotopic (exact) mass is 1150 g/mol. The lowest BCUT2D eigenvalue weighted by molar-refractivity contribution is -0.305. The minimum absolute atomic E-state index is 0.112. The van der Waals surface area contributed by atoms with E-state index in [-0.39, 0.29) is 19.4 Å². The Balaban J connectivity index is 2.61. The molecule has 1 amide bonds. The molecule has 0 aliphatic carbocycles. The van der Waals surface area contributed by atoms with Gasteiger partial charge in [0.25, 0.3) is 0 Å². The highest BCUT2D eigenvalue weighted by Gasteiger charge is 2.47. The molecule has 0 aromatic rings. The molecule has 8 atom stereocenters. The smallest absolute Gasteiger partial charge is 0.306 e. The summed E-state index contributed by atoms with van der Waals surface area (Å²) < 4.78 is 17.7. The van der Waals surface area contributed by atoms with Crippen LogP contribution in [0.5, 0.6) is 0 Å². The van der Waals surface area contributed by atoms with Crippen molar-refractivity contribution in [1.29, 1.82) is 0 Å². The summed E-state index contributed by atoms with van der Waals surface area (Å²) in [7, 11) is 0. The summed E-state index contributed by atoms with van der Waals surface area (Å²) in [4.78, 5) is 26.6. The van der Waals surface area contributed by atoms with Crippen LogP contribution >= 0.6 is 0 Å². The molecule has 474 valence electrons. The number of allylic oxidation sites excluding steroid dienone is 13. The number of aliphatic hydroxyl groups excluding tert-OH is 5. The molecule has 0 aromatic heterocycles. The molecule has 0 spiro atoms. The van der Waals surface area contributed by atoms with E-state index in [0.717, 1.165) is 116 Å². The summed E-state index contributed by atoms with van der Waals surface area (Å²) in [5.74, 6) is -1.21. The average molecular weight is 1150 g/mol. The van der Waals surface area contributed by atoms with E-state index in [9.17, 15) is 35.1 Å². The van der Waals surface area contributed by atoms with E-state index in [1.54, 1.807) is 6.08 Å². The Morgan fingerprint density at radius 2 is 0.841 bits per heavy atom. The standard InChI is InChI=1S/C71H125NO10/c1-4-7-10-13-16-19-22-25-27-29-30-31-32-33-34-35-36-37-39-41-44-47-50-53-56-59-66(76)82-69-68(78)67(77)65(60-73)81-71(69)80-61-62(63(74)57-54-51-48-45-42-24-21-18-15-12-9-6-3)72-70(79)64(75)58-55-52-49-46-43-40-38-28-26-23-20-17-14-11-8-5-2/h16-17,19-20,25-28,30-31,33-34,54,57,62-65,67-69,71,73-75,77-78H,4-15,18,21-24,29,32,35-53,55-56,58-61H2,1-3H3,(H,72,79)/b19-16-,20-17-,27-25-,28-26-,31-30-,34-33-,57-54+. The van der Waals surface area contributed by atoms with Gasteiger partial charge in [0.15, 0.2) is 12.4 Å². The number of rotatable bonds is 57. The molecule has 0 bridgehead atoms. The van der Waals surface area contributed by atoms with E-state index < -0.39 is 67.4 Å². The maximum absolute atomic E-state index is 13.4. The molecule has 11 heteroatoms. The number of carbonyl (C=O) groups is 2. The summed E-state index contributed by atoms with van der Waals surface area (Å²) >= 11 is 0. The van der Waals surface area contributed by atoms with Crippen molar-refractivity contribution >= 4 is 11.9 Å². The van der Waals surface area contributed by atoms with Gasteiger partial charge in [0, 0.05) is 6.42 Å². The van der Waals surface area contributed by atoms with E-state index in [2.05, 4.69) is 99.0 Å². The van der Waals surface area contributed by atoms with Crippen molar-refractivity contribution in [2.24, 2.45) is 0 Å². The Kier molecular flexibility index (Phi) is 54.6. The van der Waals surface area contributed by atoms with Crippen LogP contribution in [0.15, 0.2) is 85.1 Å². The van der Waals surface area contributed by atoms with Crippen molar-refractivity contribution in [3.63, 3.8) is 0 Å². The van der Waals surface area contributed by atoms with E-state index >= 15 is 0 Å². The Labute approximate surface area is 502 Å². The summed E-state index contributed by atoms with van der Waals surface area (Å²) in [6.45, 7) is 5.74. The molecule has 1 heterocycles. The Bertz CT molecular complexity index is 1660. The Hall–Kier alpha value is -3.16. The molecule has 8 unspecified atom stereocenters. The zero-order valence-corrected chi connectivity index (χ0v) is 52.6. The number of hydrogen-bond acceptors (Lipinski definition) is 10. The first-order valence-corrected chi connectivity index (χ1v) is 33.9. The second-order valence-corrected chi connectivity index (χ2v) is 23.2. The fraction of sp³-hybridized carbons (Fsp3) is 0.775. The van der Waals surface area contributed by atoms with Crippen LogP contribution in [-0.4, -0.2) is 99.6 Å². The molecular formula is C71H125NO10. The van der Waals surface area contributed by atoms with Crippen molar-refractivity contribution in [3.05, 3.63) is 85.1 Å². The molecule has 0 radical (unpaired) electrons. The fourth-order valence-corrected chi connectivity index (χ4v) is 10.1. The predicted octanol–water partition coefficient (Wildman–Crippen LogP) is 16.9. The molecule has 1 fully saturated rings. The third kappa shape index (κ3) is 45.2. The topological polar surface area (TPSA) is 175 Å². The molecule has 0 saturated carbocycles. The SMILES string of the molecule is CCCCC/C=C\C/C=C\C/C=C\C/C=C\CCCCCCCCCCCC(=O)OC1C(OCC(NC(=O)C(O)CCCCCCCC/C=C\C/C=C\CCCCC)C(O)/C=C/CCCCCCCCCCCC)OC(CO)C(O)C1O. The first-order chi connectivity index (χ1) is 40.2. The molecule has 0 aromatic carbocycles. The molecular weight excluding hydrogens is 1030 g/mol. The summed E-state index contributed by atoms with van der Waals surface area (Å²) in [6, 6.07) is -1.03. The largest absolute Gasteiger partial charge is 0.454 e. The van der Waals surface area contributed by atoms with E-state index in [0.29, 0.717) is 12.8 Å². The van der Waals surface area contributed by atoms with Gasteiger partial charge in [-0.15, -0.1) is 0 Å². The van der Waals surface area contributed by atoms with Crippen LogP contribution in [0.2, 0.25) is 0 Å². The predicted molar refractivity (Wildman–Crippen MR) is 342 cm³/mol. The van der Waals surface area contributed by atoms with Crippen LogP contribution in [0.4, 0.5) is 0 Å². The van der Waals surface area contributed by atoms with Gasteiger partial charge in [0.1, 0.15) is 24.4 Å². The molecule has 6 N–H and O–H groups in total. The lowest BCUT2D eigenvalue weighted by atomic mass is 9.99.